The van der Waals surface area contributed by atoms with Crippen molar-refractivity contribution in [2.45, 2.75) is 20.8 Å². The van der Waals surface area contributed by atoms with Crippen molar-refractivity contribution in [3.8, 4) is 0 Å². The fraction of sp³-hybridized carbons (Fsp3) is 0.500. The lowest BCUT2D eigenvalue weighted by molar-refractivity contribution is 0.551. The van der Waals surface area contributed by atoms with Crippen LogP contribution in [-0.4, -0.2) is 18.3 Å². The number of hydrogen-bond acceptors (Lipinski definition) is 3. The Hall–Kier alpha value is -1.12. The maximum absolute atomic E-state index is 7.33. The molecule has 1 N–H and O–H groups in total. The summed E-state index contributed by atoms with van der Waals surface area (Å²) in [5.74, 6) is 0.838. The van der Waals surface area contributed by atoms with E-state index >= 15 is 0 Å². The molecule has 1 aliphatic heterocycles. The number of nitrogens with one attached hydrogen (secondary N) is 1. The lowest BCUT2D eigenvalue weighted by Crippen LogP contribution is -2.01. The van der Waals surface area contributed by atoms with Gasteiger partial charge in [-0.05, 0) is 20.8 Å². The van der Waals surface area contributed by atoms with Gasteiger partial charge in [0.2, 0.25) is 11.8 Å². The van der Waals surface area contributed by atoms with Crippen LogP contribution < -0.4 is 0 Å². The van der Waals surface area contributed by atoms with E-state index in [2.05, 4.69) is 4.99 Å². The summed E-state index contributed by atoms with van der Waals surface area (Å²) in [6.45, 7) is 6.44. The molecule has 0 unspecified atom stereocenters. The maximum Gasteiger partial charge on any atom is 0.220 e. The Kier molecular flexibility index (Phi) is 2.08. The van der Waals surface area contributed by atoms with Gasteiger partial charge < -0.3 is 4.74 Å². The fourth-order valence-electron chi connectivity index (χ4n) is 0.875. The molecule has 0 spiro atoms. The lowest BCUT2D eigenvalue weighted by atomic mass is 10.2. The van der Waals surface area contributed by atoms with Crippen LogP contribution in [0.3, 0.4) is 0 Å². The standard InChI is InChI=1S/C8H12N2O/c1-4-10-8-6(3)5(2)7(9)11-8/h9H,4H2,1-3H3. The maximum atomic E-state index is 7.33. The van der Waals surface area contributed by atoms with Crippen molar-refractivity contribution in [3.63, 3.8) is 0 Å². The van der Waals surface area contributed by atoms with Crippen LogP contribution in [0.25, 0.3) is 0 Å². The van der Waals surface area contributed by atoms with Crippen molar-refractivity contribution in [1.82, 2.24) is 0 Å². The van der Waals surface area contributed by atoms with E-state index in [0.29, 0.717) is 12.4 Å². The summed E-state index contributed by atoms with van der Waals surface area (Å²) in [6, 6.07) is 0. The highest BCUT2D eigenvalue weighted by Gasteiger charge is 2.20. The molecular formula is C8H12N2O. The third-order valence-electron chi connectivity index (χ3n) is 1.72. The quantitative estimate of drug-likeness (QED) is 0.611. The van der Waals surface area contributed by atoms with Crippen molar-refractivity contribution < 1.29 is 4.74 Å². The van der Waals surface area contributed by atoms with Gasteiger partial charge in [0.1, 0.15) is 0 Å². The Bertz CT molecular complexity index is 251. The topological polar surface area (TPSA) is 45.4 Å². The first kappa shape index (κ1) is 7.98. The molecule has 11 heavy (non-hydrogen) atoms. The highest BCUT2D eigenvalue weighted by molar-refractivity contribution is 6.14. The molecule has 0 bridgehead atoms. The molecule has 3 heteroatoms. The van der Waals surface area contributed by atoms with Gasteiger partial charge in [-0.1, -0.05) is 0 Å². The summed E-state index contributed by atoms with van der Waals surface area (Å²) >= 11 is 0. The smallest absolute Gasteiger partial charge is 0.220 e. The predicted octanol–water partition coefficient (Wildman–Crippen LogP) is 1.75. The van der Waals surface area contributed by atoms with Crippen molar-refractivity contribution in [3.05, 3.63) is 11.1 Å². The predicted molar refractivity (Wildman–Crippen MR) is 45.2 cm³/mol. The largest absolute Gasteiger partial charge is 0.421 e. The van der Waals surface area contributed by atoms with Crippen LogP contribution in [0.15, 0.2) is 16.1 Å². The zero-order valence-electron chi connectivity index (χ0n) is 7.06. The number of aliphatic imine (C=N–C) groups is 1. The van der Waals surface area contributed by atoms with Gasteiger partial charge in [0.05, 0.1) is 0 Å². The first-order valence-corrected chi connectivity index (χ1v) is 3.66. The highest BCUT2D eigenvalue weighted by atomic mass is 16.5. The average molecular weight is 152 g/mol. The Labute approximate surface area is 66.3 Å². The summed E-state index contributed by atoms with van der Waals surface area (Å²) in [7, 11) is 0. The summed E-state index contributed by atoms with van der Waals surface area (Å²) < 4.78 is 5.09. The van der Waals surface area contributed by atoms with Crippen LogP contribution in [0, 0.1) is 5.41 Å². The van der Waals surface area contributed by atoms with Crippen molar-refractivity contribution in [2.24, 2.45) is 4.99 Å². The SMILES string of the molecule is CCN=C1OC(=N)C(C)=C1C. The van der Waals surface area contributed by atoms with E-state index in [1.807, 2.05) is 20.8 Å². The molecule has 3 nitrogen and oxygen atoms in total. The van der Waals surface area contributed by atoms with E-state index in [0.717, 1.165) is 11.1 Å². The van der Waals surface area contributed by atoms with Gasteiger partial charge in [-0.2, -0.15) is 0 Å². The zero-order chi connectivity index (χ0) is 8.43. The number of rotatable bonds is 1. The first-order chi connectivity index (χ1) is 5.16. The second-order valence-corrected chi connectivity index (χ2v) is 2.46. The molecule has 0 radical (unpaired) electrons. The molecule has 60 valence electrons. The zero-order valence-corrected chi connectivity index (χ0v) is 7.06. The molecule has 0 aromatic heterocycles. The van der Waals surface area contributed by atoms with Crippen LogP contribution in [0.4, 0.5) is 0 Å². The van der Waals surface area contributed by atoms with E-state index in [1.54, 1.807) is 0 Å². The van der Waals surface area contributed by atoms with Gasteiger partial charge in [-0.15, -0.1) is 0 Å². The minimum absolute atomic E-state index is 0.231. The lowest BCUT2D eigenvalue weighted by Gasteiger charge is -1.96. The van der Waals surface area contributed by atoms with Crippen molar-refractivity contribution in [1.29, 1.82) is 5.41 Å². The number of hydrogen-bond donors (Lipinski definition) is 1. The third kappa shape index (κ3) is 1.31. The van der Waals surface area contributed by atoms with Gasteiger partial charge in [0.15, 0.2) is 0 Å². The Morgan fingerprint density at radius 1 is 1.36 bits per heavy atom. The van der Waals surface area contributed by atoms with Crippen LogP contribution in [0.5, 0.6) is 0 Å². The molecule has 1 aliphatic rings. The van der Waals surface area contributed by atoms with Crippen LogP contribution in [0.2, 0.25) is 0 Å². The summed E-state index contributed by atoms with van der Waals surface area (Å²) in [6.07, 6.45) is 0. The Morgan fingerprint density at radius 3 is 2.36 bits per heavy atom. The summed E-state index contributed by atoms with van der Waals surface area (Å²) in [4.78, 5) is 4.10. The van der Waals surface area contributed by atoms with E-state index in [-0.39, 0.29) is 5.90 Å². The number of nitrogens with zero attached hydrogens (tertiary/aromatic N) is 1. The normalized spacial score (nSPS) is 21.4. The minimum atomic E-state index is 0.231. The molecule has 0 amide bonds. The van der Waals surface area contributed by atoms with Crippen LogP contribution in [-0.2, 0) is 4.74 Å². The monoisotopic (exact) mass is 152 g/mol. The van der Waals surface area contributed by atoms with Gasteiger partial charge in [0, 0.05) is 17.7 Å². The second kappa shape index (κ2) is 2.86. The molecule has 0 saturated heterocycles. The second-order valence-electron chi connectivity index (χ2n) is 2.46. The molecule has 0 aromatic rings. The molecule has 0 atom stereocenters. The summed E-state index contributed by atoms with van der Waals surface area (Å²) in [5.41, 5.74) is 1.87. The van der Waals surface area contributed by atoms with Crippen LogP contribution >= 0.6 is 0 Å². The summed E-state index contributed by atoms with van der Waals surface area (Å²) in [5, 5.41) is 7.33. The average Bonchev–Trinajstić information content (AvgIpc) is 2.19. The molecule has 0 aliphatic carbocycles. The van der Waals surface area contributed by atoms with Crippen LogP contribution in [0.1, 0.15) is 20.8 Å². The first-order valence-electron chi connectivity index (χ1n) is 3.66. The van der Waals surface area contributed by atoms with E-state index in [9.17, 15) is 0 Å². The van der Waals surface area contributed by atoms with Gasteiger partial charge in [0.25, 0.3) is 0 Å². The van der Waals surface area contributed by atoms with Crippen molar-refractivity contribution >= 4 is 11.8 Å². The highest BCUT2D eigenvalue weighted by Crippen LogP contribution is 2.17. The molecule has 1 heterocycles. The van der Waals surface area contributed by atoms with E-state index in [4.69, 9.17) is 10.1 Å². The fourth-order valence-corrected chi connectivity index (χ4v) is 0.875. The molecular weight excluding hydrogens is 140 g/mol. The van der Waals surface area contributed by atoms with Gasteiger partial charge in [-0.3, -0.25) is 10.4 Å². The Morgan fingerprint density at radius 2 is 2.00 bits per heavy atom. The molecule has 0 saturated carbocycles. The van der Waals surface area contributed by atoms with Gasteiger partial charge in [-0.25, -0.2) is 0 Å². The van der Waals surface area contributed by atoms with E-state index in [1.165, 1.54) is 0 Å². The number of ether oxygens (including phenoxy) is 1. The Balaban J connectivity index is 2.95. The molecule has 0 aromatic carbocycles. The molecule has 0 fully saturated rings. The minimum Gasteiger partial charge on any atom is -0.421 e. The van der Waals surface area contributed by atoms with Gasteiger partial charge >= 0.3 is 0 Å². The van der Waals surface area contributed by atoms with E-state index < -0.39 is 0 Å². The third-order valence-corrected chi connectivity index (χ3v) is 1.72. The van der Waals surface area contributed by atoms with Crippen molar-refractivity contribution in [2.75, 3.05) is 6.54 Å². The molecule has 1 rings (SSSR count).